The Kier molecular flexibility index (Phi) is 7.44. The molecule has 0 heterocycles. The summed E-state index contributed by atoms with van der Waals surface area (Å²) in [4.78, 5) is 21.1. The molecule has 5 N–H and O–H groups in total. The van der Waals surface area contributed by atoms with Crippen LogP contribution in [0.1, 0.15) is 17.3 Å². The minimum absolute atomic E-state index is 0.225. The molecule has 1 amide bonds. The third kappa shape index (κ3) is 6.75. The molecule has 10 heteroatoms. The molecular formula is C15H15AsBrNO7. The first-order valence-corrected chi connectivity index (χ1v) is 10.8. The summed E-state index contributed by atoms with van der Waals surface area (Å²) in [5.74, 6) is -1.78. The molecular weight excluding hydrogens is 461 g/mol. The number of aromatic hydroxyl groups is 1. The normalized spacial score (nSPS) is 10.4. The molecule has 0 aromatic heterocycles. The van der Waals surface area contributed by atoms with Crippen LogP contribution in [0, 0.1) is 0 Å². The Balaban J connectivity index is 0.000000271. The minimum Gasteiger partial charge on any atom is -0.478 e. The average Bonchev–Trinajstić information content (AvgIpc) is 2.48. The SMILES string of the molecule is CC(=O)Nc1c(O)cccc1[As](=O)(O)O.O=C(O)c1cccc(Br)c1. The van der Waals surface area contributed by atoms with E-state index in [1.165, 1.54) is 25.1 Å². The van der Waals surface area contributed by atoms with Crippen molar-refractivity contribution in [3.63, 3.8) is 0 Å². The predicted octanol–water partition coefficient (Wildman–Crippen LogP) is 1.06. The van der Waals surface area contributed by atoms with Gasteiger partial charge < -0.3 is 5.11 Å². The largest absolute Gasteiger partial charge is 0.478 e. The number of anilines is 1. The molecule has 0 fully saturated rings. The number of carbonyl (C=O) groups excluding carboxylic acids is 1. The molecule has 0 spiro atoms. The van der Waals surface area contributed by atoms with Gasteiger partial charge in [-0.25, -0.2) is 4.79 Å². The van der Waals surface area contributed by atoms with Crippen molar-refractivity contribution in [2.45, 2.75) is 6.92 Å². The number of hydrogen-bond donors (Lipinski definition) is 5. The van der Waals surface area contributed by atoms with Crippen LogP contribution in [-0.4, -0.2) is 44.5 Å². The van der Waals surface area contributed by atoms with E-state index >= 15 is 0 Å². The number of carboxylic acid groups (broad SMARTS) is 1. The third-order valence-corrected chi connectivity index (χ3v) is 5.30. The molecule has 8 nitrogen and oxygen atoms in total. The van der Waals surface area contributed by atoms with Crippen molar-refractivity contribution in [1.29, 1.82) is 0 Å². The van der Waals surface area contributed by atoms with E-state index in [1.807, 2.05) is 0 Å². The van der Waals surface area contributed by atoms with E-state index in [9.17, 15) is 18.4 Å². The van der Waals surface area contributed by atoms with Crippen LogP contribution in [0.15, 0.2) is 46.9 Å². The average molecular weight is 476 g/mol. The molecule has 134 valence electrons. The molecule has 0 unspecified atom stereocenters. The monoisotopic (exact) mass is 475 g/mol. The second-order valence-electron chi connectivity index (χ2n) is 4.71. The topological polar surface area (TPSA) is 144 Å². The number of phenolic OH excluding ortho intramolecular Hbond substituents is 1. The van der Waals surface area contributed by atoms with Gasteiger partial charge in [0.05, 0.1) is 5.56 Å². The molecule has 0 saturated heterocycles. The van der Waals surface area contributed by atoms with Crippen LogP contribution >= 0.6 is 15.9 Å². The van der Waals surface area contributed by atoms with Gasteiger partial charge in [-0.3, -0.25) is 0 Å². The molecule has 25 heavy (non-hydrogen) atoms. The van der Waals surface area contributed by atoms with E-state index < -0.39 is 26.0 Å². The van der Waals surface area contributed by atoms with Crippen molar-refractivity contribution in [2.24, 2.45) is 0 Å². The maximum atomic E-state index is 11.1. The van der Waals surface area contributed by atoms with Crippen molar-refractivity contribution in [1.82, 2.24) is 0 Å². The Morgan fingerprint density at radius 1 is 1.12 bits per heavy atom. The molecule has 0 aliphatic rings. The maximum absolute atomic E-state index is 11.1. The molecule has 2 aromatic carbocycles. The van der Waals surface area contributed by atoms with Gasteiger partial charge in [-0.2, -0.15) is 0 Å². The number of halogens is 1. The quantitative estimate of drug-likeness (QED) is 0.329. The second-order valence-corrected chi connectivity index (χ2v) is 8.92. The van der Waals surface area contributed by atoms with Crippen LogP contribution in [0.2, 0.25) is 0 Å². The summed E-state index contributed by atoms with van der Waals surface area (Å²) < 4.78 is 29.6. The molecule has 0 bridgehead atoms. The summed E-state index contributed by atoms with van der Waals surface area (Å²) in [5, 5.41) is 20.0. The van der Waals surface area contributed by atoms with Crippen LogP contribution in [0.4, 0.5) is 5.69 Å². The molecule has 0 radical (unpaired) electrons. The molecule has 0 atom stereocenters. The summed E-state index contributed by atoms with van der Waals surface area (Å²) in [6.45, 7) is 1.18. The van der Waals surface area contributed by atoms with Gasteiger partial charge in [-0.15, -0.1) is 0 Å². The predicted molar refractivity (Wildman–Crippen MR) is 94.0 cm³/mol. The standard InChI is InChI=1S/C8H10AsNO5.C7H5BrO2/c1-5(11)10-8-6(9(13,14)15)3-2-4-7(8)12;8-6-3-1-2-5(4-6)7(9)10/h2-4,12H,1H3,(H,10,11)(H2,13,14,15);1-4H,(H,9,10). The molecule has 0 aliphatic heterocycles. The third-order valence-electron chi connectivity index (χ3n) is 2.71. The Morgan fingerprint density at radius 2 is 1.72 bits per heavy atom. The zero-order valence-corrected chi connectivity index (χ0v) is 16.3. The van der Waals surface area contributed by atoms with Crippen LogP contribution in [-0.2, 0) is 8.53 Å². The Bertz CT molecular complexity index is 834. The number of para-hydroxylation sites is 1. The number of rotatable bonds is 3. The van der Waals surface area contributed by atoms with E-state index in [2.05, 4.69) is 21.2 Å². The Morgan fingerprint density at radius 3 is 2.16 bits per heavy atom. The second kappa shape index (κ2) is 8.87. The molecule has 2 aromatic rings. The summed E-state index contributed by atoms with van der Waals surface area (Å²) in [6.07, 6.45) is 0. The van der Waals surface area contributed by atoms with E-state index in [1.54, 1.807) is 24.3 Å². The van der Waals surface area contributed by atoms with Gasteiger partial charge in [-0.05, 0) is 18.2 Å². The van der Waals surface area contributed by atoms with Gasteiger partial charge in [0.25, 0.3) is 0 Å². The smallest absolute Gasteiger partial charge is 0.335 e. The van der Waals surface area contributed by atoms with Crippen LogP contribution in [0.5, 0.6) is 5.75 Å². The molecule has 0 saturated carbocycles. The van der Waals surface area contributed by atoms with E-state index in [4.69, 9.17) is 13.3 Å². The first-order chi connectivity index (χ1) is 11.5. The number of hydrogen-bond acceptors (Lipinski definition) is 4. The van der Waals surface area contributed by atoms with Gasteiger partial charge in [0.1, 0.15) is 0 Å². The summed E-state index contributed by atoms with van der Waals surface area (Å²) in [7, 11) is 0. The fraction of sp³-hybridized carbons (Fsp3) is 0.0667. The van der Waals surface area contributed by atoms with E-state index in [0.717, 1.165) is 4.47 Å². The first kappa shape index (κ1) is 21.0. The van der Waals surface area contributed by atoms with Crippen molar-refractivity contribution in [3.05, 3.63) is 52.5 Å². The molecule has 0 aliphatic carbocycles. The van der Waals surface area contributed by atoms with Crippen LogP contribution in [0.25, 0.3) is 0 Å². The minimum atomic E-state index is -5.14. The summed E-state index contributed by atoms with van der Waals surface area (Å²) >= 11 is -1.97. The summed E-state index contributed by atoms with van der Waals surface area (Å²) in [5.41, 5.74) is 0.0758. The summed E-state index contributed by atoms with van der Waals surface area (Å²) in [6, 6.07) is 10.3. The number of amides is 1. The number of aromatic carboxylic acids is 1. The number of carbonyl (C=O) groups is 2. The fourth-order valence-electron chi connectivity index (χ4n) is 1.70. The Hall–Kier alpha value is -2.06. The number of carboxylic acids is 1. The zero-order chi connectivity index (χ0) is 19.2. The van der Waals surface area contributed by atoms with Crippen LogP contribution in [0.3, 0.4) is 0 Å². The number of benzene rings is 2. The van der Waals surface area contributed by atoms with Gasteiger partial charge in [-0.1, -0.05) is 22.0 Å². The van der Waals surface area contributed by atoms with Gasteiger partial charge in [0, 0.05) is 4.47 Å². The number of nitrogens with one attached hydrogen (secondary N) is 1. The Labute approximate surface area is 154 Å². The first-order valence-electron chi connectivity index (χ1n) is 6.67. The fourth-order valence-corrected chi connectivity index (χ4v) is 3.65. The van der Waals surface area contributed by atoms with Gasteiger partial charge in [0.15, 0.2) is 0 Å². The van der Waals surface area contributed by atoms with E-state index in [0.29, 0.717) is 5.56 Å². The molecule has 2 rings (SSSR count). The maximum Gasteiger partial charge on any atom is 0.335 e. The van der Waals surface area contributed by atoms with Crippen LogP contribution < -0.4 is 9.67 Å². The van der Waals surface area contributed by atoms with Crippen molar-refractivity contribution >= 4 is 52.0 Å². The van der Waals surface area contributed by atoms with Gasteiger partial charge >= 0.3 is 94.1 Å². The van der Waals surface area contributed by atoms with Gasteiger partial charge in [0.2, 0.25) is 0 Å². The van der Waals surface area contributed by atoms with Crippen molar-refractivity contribution < 1.29 is 31.7 Å². The zero-order valence-electron chi connectivity index (χ0n) is 12.9. The van der Waals surface area contributed by atoms with Crippen molar-refractivity contribution in [2.75, 3.05) is 5.32 Å². The number of phenols is 1. The van der Waals surface area contributed by atoms with Crippen molar-refractivity contribution in [3.8, 4) is 5.75 Å². The van der Waals surface area contributed by atoms with E-state index in [-0.39, 0.29) is 15.8 Å².